The summed E-state index contributed by atoms with van der Waals surface area (Å²) in [7, 11) is 0. The molecule has 1 aliphatic rings. The summed E-state index contributed by atoms with van der Waals surface area (Å²) in [6.45, 7) is 0. The van der Waals surface area contributed by atoms with Crippen LogP contribution >= 0.6 is 11.8 Å². The van der Waals surface area contributed by atoms with Gasteiger partial charge in [0.15, 0.2) is 0 Å². The molecule has 2 aromatic rings. The first-order valence-corrected chi connectivity index (χ1v) is 6.73. The largest absolute Gasteiger partial charge is 0.397 e. The van der Waals surface area contributed by atoms with Crippen LogP contribution in [0.25, 0.3) is 0 Å². The SMILES string of the molecule is Nc1ccc(SCC2Cc3ccccc32)nc1. The molecule has 2 N–H and O–H groups in total. The summed E-state index contributed by atoms with van der Waals surface area (Å²) in [5, 5.41) is 1.06. The summed E-state index contributed by atoms with van der Waals surface area (Å²) < 4.78 is 0. The summed E-state index contributed by atoms with van der Waals surface area (Å²) in [5.74, 6) is 1.80. The normalized spacial score (nSPS) is 17.3. The maximum Gasteiger partial charge on any atom is 0.0961 e. The van der Waals surface area contributed by atoms with E-state index in [0.717, 1.165) is 16.5 Å². The number of rotatable bonds is 3. The van der Waals surface area contributed by atoms with E-state index in [9.17, 15) is 0 Å². The van der Waals surface area contributed by atoms with Gasteiger partial charge in [-0.15, -0.1) is 11.8 Å². The molecule has 0 radical (unpaired) electrons. The molecule has 1 aromatic heterocycles. The van der Waals surface area contributed by atoms with E-state index in [-0.39, 0.29) is 0 Å². The Morgan fingerprint density at radius 2 is 2.12 bits per heavy atom. The minimum Gasteiger partial charge on any atom is -0.397 e. The zero-order valence-electron chi connectivity index (χ0n) is 9.47. The Bertz CT molecular complexity index is 522. The Balaban J connectivity index is 1.62. The number of fused-ring (bicyclic) bond motifs is 1. The number of thioether (sulfide) groups is 1. The van der Waals surface area contributed by atoms with Gasteiger partial charge in [0.1, 0.15) is 0 Å². The van der Waals surface area contributed by atoms with Gasteiger partial charge in [0.05, 0.1) is 16.9 Å². The number of nitrogens with zero attached hydrogens (tertiary/aromatic N) is 1. The lowest BCUT2D eigenvalue weighted by Crippen LogP contribution is -2.18. The molecule has 1 atom stereocenters. The van der Waals surface area contributed by atoms with Gasteiger partial charge in [0.2, 0.25) is 0 Å². The fraction of sp³-hybridized carbons (Fsp3) is 0.214. The Morgan fingerprint density at radius 1 is 1.24 bits per heavy atom. The monoisotopic (exact) mass is 242 g/mol. The fourth-order valence-electron chi connectivity index (χ4n) is 2.17. The molecule has 1 unspecified atom stereocenters. The van der Waals surface area contributed by atoms with E-state index in [4.69, 9.17) is 5.73 Å². The van der Waals surface area contributed by atoms with E-state index in [1.165, 1.54) is 17.5 Å². The lowest BCUT2D eigenvalue weighted by Gasteiger charge is -2.29. The van der Waals surface area contributed by atoms with Crippen LogP contribution < -0.4 is 5.73 Å². The molecule has 0 amide bonds. The van der Waals surface area contributed by atoms with Crippen molar-refractivity contribution in [1.29, 1.82) is 0 Å². The molecule has 3 rings (SSSR count). The number of hydrogen-bond donors (Lipinski definition) is 1. The number of nitrogens with two attached hydrogens (primary N) is 1. The second-order valence-electron chi connectivity index (χ2n) is 4.34. The van der Waals surface area contributed by atoms with Crippen LogP contribution in [-0.2, 0) is 6.42 Å². The van der Waals surface area contributed by atoms with Gasteiger partial charge in [-0.2, -0.15) is 0 Å². The van der Waals surface area contributed by atoms with Crippen LogP contribution in [0.15, 0.2) is 47.6 Å². The van der Waals surface area contributed by atoms with Crippen LogP contribution in [0.2, 0.25) is 0 Å². The van der Waals surface area contributed by atoms with Crippen molar-refractivity contribution >= 4 is 17.4 Å². The van der Waals surface area contributed by atoms with E-state index in [0.29, 0.717) is 5.92 Å². The quantitative estimate of drug-likeness (QED) is 0.841. The van der Waals surface area contributed by atoms with Crippen molar-refractivity contribution in [1.82, 2.24) is 4.98 Å². The molecule has 86 valence electrons. The predicted molar refractivity (Wildman–Crippen MR) is 72.3 cm³/mol. The number of aromatic nitrogens is 1. The average Bonchev–Trinajstić information content (AvgIpc) is 2.33. The predicted octanol–water partition coefficient (Wildman–Crippen LogP) is 3.10. The first kappa shape index (κ1) is 10.7. The van der Waals surface area contributed by atoms with E-state index >= 15 is 0 Å². The second kappa shape index (κ2) is 4.41. The van der Waals surface area contributed by atoms with Crippen LogP contribution in [0.5, 0.6) is 0 Å². The van der Waals surface area contributed by atoms with Crippen molar-refractivity contribution in [3.05, 3.63) is 53.7 Å². The number of hydrogen-bond acceptors (Lipinski definition) is 3. The molecule has 0 spiro atoms. The number of benzene rings is 1. The third kappa shape index (κ3) is 2.15. The minimum atomic E-state index is 0.690. The van der Waals surface area contributed by atoms with Gasteiger partial charge in [-0.3, -0.25) is 0 Å². The highest BCUT2D eigenvalue weighted by molar-refractivity contribution is 7.99. The number of nitrogen functional groups attached to an aromatic ring is 1. The number of pyridine rings is 1. The van der Waals surface area contributed by atoms with Gasteiger partial charge in [-0.1, -0.05) is 24.3 Å². The smallest absolute Gasteiger partial charge is 0.0961 e. The van der Waals surface area contributed by atoms with Crippen molar-refractivity contribution in [2.75, 3.05) is 11.5 Å². The molecule has 0 saturated carbocycles. The molecular formula is C14H14N2S. The van der Waals surface area contributed by atoms with Crippen molar-refractivity contribution in [2.45, 2.75) is 17.4 Å². The van der Waals surface area contributed by atoms with Gasteiger partial charge in [0, 0.05) is 5.75 Å². The van der Waals surface area contributed by atoms with Crippen LogP contribution in [0.1, 0.15) is 17.0 Å². The van der Waals surface area contributed by atoms with Crippen LogP contribution in [-0.4, -0.2) is 10.7 Å². The highest BCUT2D eigenvalue weighted by atomic mass is 32.2. The van der Waals surface area contributed by atoms with Crippen LogP contribution in [0.3, 0.4) is 0 Å². The maximum atomic E-state index is 5.61. The third-order valence-corrected chi connectivity index (χ3v) is 4.26. The Morgan fingerprint density at radius 3 is 2.88 bits per heavy atom. The van der Waals surface area contributed by atoms with Gasteiger partial charge in [-0.25, -0.2) is 4.98 Å². The Kier molecular flexibility index (Phi) is 2.77. The first-order valence-electron chi connectivity index (χ1n) is 5.75. The lowest BCUT2D eigenvalue weighted by atomic mass is 9.79. The molecule has 2 nitrogen and oxygen atoms in total. The topological polar surface area (TPSA) is 38.9 Å². The summed E-state index contributed by atoms with van der Waals surface area (Å²) in [5.41, 5.74) is 9.35. The van der Waals surface area contributed by atoms with E-state index in [1.807, 2.05) is 23.9 Å². The third-order valence-electron chi connectivity index (χ3n) is 3.15. The summed E-state index contributed by atoms with van der Waals surface area (Å²) in [6, 6.07) is 12.6. The van der Waals surface area contributed by atoms with E-state index in [1.54, 1.807) is 6.20 Å². The van der Waals surface area contributed by atoms with E-state index in [2.05, 4.69) is 29.2 Å². The van der Waals surface area contributed by atoms with Gasteiger partial charge in [0.25, 0.3) is 0 Å². The lowest BCUT2D eigenvalue weighted by molar-refractivity contribution is 0.677. The van der Waals surface area contributed by atoms with Crippen LogP contribution in [0, 0.1) is 0 Å². The van der Waals surface area contributed by atoms with E-state index < -0.39 is 0 Å². The van der Waals surface area contributed by atoms with Crippen molar-refractivity contribution in [2.24, 2.45) is 0 Å². The zero-order valence-corrected chi connectivity index (χ0v) is 10.3. The molecule has 3 heteroatoms. The van der Waals surface area contributed by atoms with Crippen molar-refractivity contribution in [3.8, 4) is 0 Å². The summed E-state index contributed by atoms with van der Waals surface area (Å²) >= 11 is 1.81. The molecule has 1 aliphatic carbocycles. The molecular weight excluding hydrogens is 228 g/mol. The molecule has 0 aliphatic heterocycles. The highest BCUT2D eigenvalue weighted by Gasteiger charge is 2.25. The fourth-order valence-corrected chi connectivity index (χ4v) is 3.14. The maximum absolute atomic E-state index is 5.61. The highest BCUT2D eigenvalue weighted by Crippen LogP contribution is 2.38. The minimum absolute atomic E-state index is 0.690. The molecule has 1 heterocycles. The average molecular weight is 242 g/mol. The first-order chi connectivity index (χ1) is 8.33. The molecule has 17 heavy (non-hydrogen) atoms. The van der Waals surface area contributed by atoms with Gasteiger partial charge in [-0.05, 0) is 35.6 Å². The van der Waals surface area contributed by atoms with Gasteiger partial charge < -0.3 is 5.73 Å². The Hall–Kier alpha value is -1.48. The summed E-state index contributed by atoms with van der Waals surface area (Å²) in [6.07, 6.45) is 2.93. The molecule has 1 aromatic carbocycles. The standard InChI is InChI=1S/C14H14N2S/c15-12-5-6-14(16-8-12)17-9-11-7-10-3-1-2-4-13(10)11/h1-6,8,11H,7,9,15H2. The van der Waals surface area contributed by atoms with Gasteiger partial charge >= 0.3 is 0 Å². The van der Waals surface area contributed by atoms with Crippen molar-refractivity contribution < 1.29 is 0 Å². The molecule has 0 fully saturated rings. The number of anilines is 1. The molecule has 0 bridgehead atoms. The summed E-state index contributed by atoms with van der Waals surface area (Å²) in [4.78, 5) is 4.30. The Labute approximate surface area is 105 Å². The second-order valence-corrected chi connectivity index (χ2v) is 5.38. The van der Waals surface area contributed by atoms with Crippen LogP contribution in [0.4, 0.5) is 5.69 Å². The molecule has 0 saturated heterocycles. The van der Waals surface area contributed by atoms with Crippen molar-refractivity contribution in [3.63, 3.8) is 0 Å². The zero-order chi connectivity index (χ0) is 11.7.